The molecule has 5 nitrogen and oxygen atoms in total. The number of nitrogens with one attached hydrogen (secondary N) is 1. The van der Waals surface area contributed by atoms with Crippen LogP contribution in [0.1, 0.15) is 42.5 Å². The number of nitriles is 1. The van der Waals surface area contributed by atoms with Crippen LogP contribution in [0.3, 0.4) is 0 Å². The minimum atomic E-state index is -0.431. The van der Waals surface area contributed by atoms with Crippen molar-refractivity contribution < 1.29 is 4.79 Å². The van der Waals surface area contributed by atoms with Crippen molar-refractivity contribution in [2.75, 3.05) is 0 Å². The molecule has 1 N–H and O–H groups in total. The molecule has 0 bridgehead atoms. The average molecular weight is 323 g/mol. The first kappa shape index (κ1) is 17.5. The van der Waals surface area contributed by atoms with Crippen molar-refractivity contribution in [1.82, 2.24) is 9.88 Å². The van der Waals surface area contributed by atoms with Gasteiger partial charge in [0.05, 0.1) is 6.04 Å². The molecular weight excluding hydrogens is 302 g/mol. The third kappa shape index (κ3) is 4.11. The number of benzene rings is 1. The van der Waals surface area contributed by atoms with E-state index in [1.54, 1.807) is 19.2 Å². The van der Waals surface area contributed by atoms with Crippen molar-refractivity contribution in [2.24, 2.45) is 0 Å². The molecule has 5 heteroatoms. The number of rotatable bonds is 6. The number of amides is 1. The minimum Gasteiger partial charge on any atom is -0.348 e. The Bertz CT molecular complexity index is 804. The zero-order valence-corrected chi connectivity index (χ0v) is 14.0. The summed E-state index contributed by atoms with van der Waals surface area (Å²) in [6.07, 6.45) is 3.31. The van der Waals surface area contributed by atoms with Gasteiger partial charge in [0.15, 0.2) is 0 Å². The Kier molecular flexibility index (Phi) is 5.91. The van der Waals surface area contributed by atoms with Crippen molar-refractivity contribution in [3.05, 3.63) is 69.6 Å². The fourth-order valence-electron chi connectivity index (χ4n) is 2.62. The zero-order chi connectivity index (χ0) is 17.5. The van der Waals surface area contributed by atoms with Gasteiger partial charge in [-0.05, 0) is 30.5 Å². The number of aromatic nitrogens is 1. The first-order valence-electron chi connectivity index (χ1n) is 8.01. The molecule has 0 aliphatic rings. The van der Waals surface area contributed by atoms with Gasteiger partial charge in [0.1, 0.15) is 18.2 Å². The highest BCUT2D eigenvalue weighted by Crippen LogP contribution is 2.17. The number of aryl methyl sites for hydroxylation is 1. The van der Waals surface area contributed by atoms with Crippen LogP contribution in [-0.4, -0.2) is 10.5 Å². The van der Waals surface area contributed by atoms with Gasteiger partial charge < -0.3 is 9.88 Å². The molecule has 0 radical (unpaired) electrons. The summed E-state index contributed by atoms with van der Waals surface area (Å²) < 4.78 is 1.27. The fraction of sp³-hybridized carbons (Fsp3) is 0.316. The standard InChI is InChI=1S/C19H21N3O2/c1-3-7-17(15-8-5-4-6-9-15)21-18(23)13-22-11-10-14(2)16(12-20)19(22)24/h4-6,8-11,17H,3,7,13H2,1-2H3,(H,21,23)/t17-/m0/s1. The minimum absolute atomic E-state index is 0.0819. The number of hydrogen-bond acceptors (Lipinski definition) is 3. The van der Waals surface area contributed by atoms with Crippen LogP contribution >= 0.6 is 0 Å². The molecule has 0 aliphatic carbocycles. The molecule has 1 amide bonds. The molecule has 1 atom stereocenters. The Morgan fingerprint density at radius 2 is 2.00 bits per heavy atom. The molecule has 24 heavy (non-hydrogen) atoms. The second-order valence-corrected chi connectivity index (χ2v) is 5.74. The summed E-state index contributed by atoms with van der Waals surface area (Å²) in [7, 11) is 0. The molecular formula is C19H21N3O2. The third-order valence-electron chi connectivity index (χ3n) is 3.91. The molecule has 0 saturated heterocycles. The van der Waals surface area contributed by atoms with E-state index in [2.05, 4.69) is 12.2 Å². The average Bonchev–Trinajstić information content (AvgIpc) is 2.58. The summed E-state index contributed by atoms with van der Waals surface area (Å²) in [5.41, 5.74) is 1.31. The SMILES string of the molecule is CCC[C@H](NC(=O)Cn1ccc(C)c(C#N)c1=O)c1ccccc1. The lowest BCUT2D eigenvalue weighted by atomic mass is 10.0. The molecule has 2 rings (SSSR count). The number of nitrogens with zero attached hydrogens (tertiary/aromatic N) is 2. The van der Waals surface area contributed by atoms with Gasteiger partial charge in [0.2, 0.25) is 5.91 Å². The molecule has 1 heterocycles. The fourth-order valence-corrected chi connectivity index (χ4v) is 2.62. The van der Waals surface area contributed by atoms with Gasteiger partial charge in [-0.15, -0.1) is 0 Å². The van der Waals surface area contributed by atoms with Gasteiger partial charge in [-0.2, -0.15) is 5.26 Å². The van der Waals surface area contributed by atoms with E-state index >= 15 is 0 Å². The summed E-state index contributed by atoms with van der Waals surface area (Å²) in [5.74, 6) is -0.243. The number of carbonyl (C=O) groups excluding carboxylic acids is 1. The highest BCUT2D eigenvalue weighted by atomic mass is 16.2. The normalized spacial score (nSPS) is 11.5. The van der Waals surface area contributed by atoms with E-state index in [9.17, 15) is 9.59 Å². The van der Waals surface area contributed by atoms with E-state index in [1.807, 2.05) is 36.4 Å². The Labute approximate surface area is 141 Å². The van der Waals surface area contributed by atoms with Crippen LogP contribution in [0.4, 0.5) is 0 Å². The van der Waals surface area contributed by atoms with Gasteiger partial charge in [-0.1, -0.05) is 43.7 Å². The lowest BCUT2D eigenvalue weighted by molar-refractivity contribution is -0.122. The molecule has 1 aromatic heterocycles. The Morgan fingerprint density at radius 1 is 1.29 bits per heavy atom. The second kappa shape index (κ2) is 8.11. The van der Waals surface area contributed by atoms with Crippen LogP contribution in [0.5, 0.6) is 0 Å². The van der Waals surface area contributed by atoms with Crippen LogP contribution in [0.2, 0.25) is 0 Å². The number of pyridine rings is 1. The molecule has 124 valence electrons. The van der Waals surface area contributed by atoms with Crippen molar-refractivity contribution >= 4 is 5.91 Å². The van der Waals surface area contributed by atoms with Gasteiger partial charge in [0.25, 0.3) is 5.56 Å². The lowest BCUT2D eigenvalue weighted by Gasteiger charge is -2.19. The van der Waals surface area contributed by atoms with E-state index in [0.29, 0.717) is 5.56 Å². The zero-order valence-electron chi connectivity index (χ0n) is 14.0. The highest BCUT2D eigenvalue weighted by Gasteiger charge is 2.15. The number of hydrogen-bond donors (Lipinski definition) is 1. The Balaban J connectivity index is 2.15. The maximum absolute atomic E-state index is 12.4. The maximum Gasteiger partial charge on any atom is 0.269 e. The first-order valence-corrected chi connectivity index (χ1v) is 8.01. The first-order chi connectivity index (χ1) is 11.6. The van der Waals surface area contributed by atoms with E-state index in [0.717, 1.165) is 18.4 Å². The van der Waals surface area contributed by atoms with Gasteiger partial charge >= 0.3 is 0 Å². The van der Waals surface area contributed by atoms with E-state index in [-0.39, 0.29) is 24.1 Å². The quantitative estimate of drug-likeness (QED) is 0.888. The third-order valence-corrected chi connectivity index (χ3v) is 3.91. The summed E-state index contributed by atoms with van der Waals surface area (Å²) >= 11 is 0. The monoisotopic (exact) mass is 323 g/mol. The summed E-state index contributed by atoms with van der Waals surface area (Å²) in [5, 5.41) is 12.0. The van der Waals surface area contributed by atoms with Crippen LogP contribution in [0, 0.1) is 18.3 Å². The molecule has 0 fully saturated rings. The van der Waals surface area contributed by atoms with E-state index < -0.39 is 5.56 Å². The van der Waals surface area contributed by atoms with Crippen molar-refractivity contribution in [3.8, 4) is 6.07 Å². The van der Waals surface area contributed by atoms with Gasteiger partial charge in [0, 0.05) is 6.20 Å². The van der Waals surface area contributed by atoms with Crippen molar-refractivity contribution in [3.63, 3.8) is 0 Å². The molecule has 0 aliphatic heterocycles. The maximum atomic E-state index is 12.4. The summed E-state index contributed by atoms with van der Waals surface area (Å²) in [6, 6.07) is 13.3. The molecule has 2 aromatic rings. The lowest BCUT2D eigenvalue weighted by Crippen LogP contribution is -2.35. The van der Waals surface area contributed by atoms with E-state index in [4.69, 9.17) is 5.26 Å². The molecule has 0 unspecified atom stereocenters. The van der Waals surface area contributed by atoms with Gasteiger partial charge in [-0.25, -0.2) is 0 Å². The van der Waals surface area contributed by atoms with Crippen molar-refractivity contribution in [1.29, 1.82) is 5.26 Å². The second-order valence-electron chi connectivity index (χ2n) is 5.74. The van der Waals surface area contributed by atoms with Crippen LogP contribution < -0.4 is 10.9 Å². The van der Waals surface area contributed by atoms with Crippen LogP contribution in [0.25, 0.3) is 0 Å². The largest absolute Gasteiger partial charge is 0.348 e. The van der Waals surface area contributed by atoms with Crippen LogP contribution in [0.15, 0.2) is 47.4 Å². The summed E-state index contributed by atoms with van der Waals surface area (Å²) in [6.45, 7) is 3.67. The van der Waals surface area contributed by atoms with Gasteiger partial charge in [-0.3, -0.25) is 9.59 Å². The molecule has 0 saturated carbocycles. The predicted molar refractivity (Wildman–Crippen MR) is 92.4 cm³/mol. The smallest absolute Gasteiger partial charge is 0.269 e. The van der Waals surface area contributed by atoms with Crippen molar-refractivity contribution in [2.45, 2.75) is 39.3 Å². The molecule has 0 spiro atoms. The van der Waals surface area contributed by atoms with Crippen LogP contribution in [-0.2, 0) is 11.3 Å². The Hall–Kier alpha value is -2.87. The van der Waals surface area contributed by atoms with E-state index in [1.165, 1.54) is 4.57 Å². The highest BCUT2D eigenvalue weighted by molar-refractivity contribution is 5.76. The molecule has 1 aromatic carbocycles. The predicted octanol–water partition coefficient (Wildman–Crippen LogP) is 2.69. The Morgan fingerprint density at radius 3 is 2.62 bits per heavy atom. The topological polar surface area (TPSA) is 74.9 Å². The summed E-state index contributed by atoms with van der Waals surface area (Å²) in [4.78, 5) is 24.6. The number of carbonyl (C=O) groups is 1.